The summed E-state index contributed by atoms with van der Waals surface area (Å²) in [6.45, 7) is 0.549. The molecule has 1 saturated heterocycles. The fourth-order valence-electron chi connectivity index (χ4n) is 4.59. The van der Waals surface area contributed by atoms with Crippen LogP contribution in [0.2, 0.25) is 0 Å². The number of pyridine rings is 1. The molecule has 5 N–H and O–H groups in total. The van der Waals surface area contributed by atoms with Crippen LogP contribution in [-0.2, 0) is 9.59 Å². The molecule has 10 nitrogen and oxygen atoms in total. The lowest BCUT2D eigenvalue weighted by molar-refractivity contribution is -0.133. The summed E-state index contributed by atoms with van der Waals surface area (Å²) in [5, 5.41) is 10.2. The van der Waals surface area contributed by atoms with Gasteiger partial charge in [0.1, 0.15) is 22.7 Å². The Morgan fingerprint density at radius 3 is 2.31 bits per heavy atom. The highest BCUT2D eigenvalue weighted by atomic mass is 16.5. The predicted octanol–water partition coefficient (Wildman–Crippen LogP) is 1.30. The SMILES string of the molecule is COc1cc2nccc(Oc3ccc(C4CC4(C(N)=O)C(N)=O)cc3)c2cc1C(=O)N1CC(O)C1. The van der Waals surface area contributed by atoms with Gasteiger partial charge in [0.15, 0.2) is 0 Å². The van der Waals surface area contributed by atoms with Crippen molar-refractivity contribution in [1.82, 2.24) is 9.88 Å². The van der Waals surface area contributed by atoms with Crippen molar-refractivity contribution in [2.45, 2.75) is 18.4 Å². The molecule has 1 aromatic heterocycles. The number of nitrogens with two attached hydrogens (primary N) is 2. The topological polar surface area (TPSA) is 158 Å². The van der Waals surface area contributed by atoms with Gasteiger partial charge in [-0.05, 0) is 36.2 Å². The summed E-state index contributed by atoms with van der Waals surface area (Å²) in [7, 11) is 1.48. The van der Waals surface area contributed by atoms with Gasteiger partial charge < -0.3 is 30.9 Å². The second-order valence-corrected chi connectivity index (χ2v) is 8.87. The highest BCUT2D eigenvalue weighted by Crippen LogP contribution is 2.59. The number of aromatic nitrogens is 1. The largest absolute Gasteiger partial charge is 0.496 e. The van der Waals surface area contributed by atoms with Gasteiger partial charge >= 0.3 is 0 Å². The number of carbonyl (C=O) groups excluding carboxylic acids is 3. The molecule has 1 unspecified atom stereocenters. The van der Waals surface area contributed by atoms with Gasteiger partial charge in [0.05, 0.1) is 24.3 Å². The quantitative estimate of drug-likeness (QED) is 0.434. The molecule has 3 amide bonds. The summed E-state index contributed by atoms with van der Waals surface area (Å²) in [6.07, 6.45) is 1.37. The Balaban J connectivity index is 1.42. The van der Waals surface area contributed by atoms with Crippen molar-refractivity contribution >= 4 is 28.6 Å². The Hall–Kier alpha value is -4.18. The lowest BCUT2D eigenvalue weighted by Crippen LogP contribution is -2.53. The fraction of sp³-hybridized carbons (Fsp3) is 0.280. The van der Waals surface area contributed by atoms with E-state index < -0.39 is 23.3 Å². The van der Waals surface area contributed by atoms with Gasteiger partial charge in [-0.2, -0.15) is 0 Å². The number of amides is 3. The first kappa shape index (κ1) is 22.6. The Morgan fingerprint density at radius 2 is 1.74 bits per heavy atom. The number of ether oxygens (including phenoxy) is 2. The standard InChI is InChI=1S/C25H24N4O6/c1-34-21-9-19-16(8-17(21)22(31)29-11-14(30)12-29)20(6-7-28-19)35-15-4-2-13(3-5-15)18-10-25(18,23(26)32)24(27)33/h2-9,14,18,30H,10-12H2,1H3,(H2,26,32)(H2,27,33). The van der Waals surface area contributed by atoms with E-state index in [4.69, 9.17) is 20.9 Å². The number of β-amino-alcohol motifs (C(OH)–C–C–N with tert-alkyl or cyclic N) is 1. The number of likely N-dealkylation sites (tertiary alicyclic amines) is 1. The maximum absolute atomic E-state index is 12.9. The molecule has 10 heteroatoms. The molecule has 5 rings (SSSR count). The van der Waals surface area contributed by atoms with E-state index in [1.165, 1.54) is 7.11 Å². The van der Waals surface area contributed by atoms with E-state index >= 15 is 0 Å². The molecule has 0 radical (unpaired) electrons. The molecule has 35 heavy (non-hydrogen) atoms. The molecule has 3 aromatic rings. The lowest BCUT2D eigenvalue weighted by atomic mass is 9.97. The third kappa shape index (κ3) is 3.71. The summed E-state index contributed by atoms with van der Waals surface area (Å²) in [5.74, 6) is -0.647. The second-order valence-electron chi connectivity index (χ2n) is 8.87. The van der Waals surface area contributed by atoms with Crippen molar-refractivity contribution in [2.75, 3.05) is 20.2 Å². The lowest BCUT2D eigenvalue weighted by Gasteiger charge is -2.36. The van der Waals surface area contributed by atoms with Gasteiger partial charge in [-0.15, -0.1) is 0 Å². The minimum Gasteiger partial charge on any atom is -0.496 e. The number of rotatable bonds is 7. The van der Waals surface area contributed by atoms with Crippen LogP contribution in [0.5, 0.6) is 17.2 Å². The molecule has 2 aromatic carbocycles. The van der Waals surface area contributed by atoms with Crippen molar-refractivity contribution in [1.29, 1.82) is 0 Å². The minimum atomic E-state index is -1.34. The zero-order chi connectivity index (χ0) is 24.9. The molecule has 180 valence electrons. The van der Waals surface area contributed by atoms with Gasteiger partial charge in [-0.25, -0.2) is 0 Å². The van der Waals surface area contributed by atoms with Crippen molar-refractivity contribution in [3.8, 4) is 17.2 Å². The van der Waals surface area contributed by atoms with E-state index in [-0.39, 0.29) is 24.9 Å². The van der Waals surface area contributed by atoms with E-state index in [9.17, 15) is 19.5 Å². The number of primary amides is 2. The fourth-order valence-corrected chi connectivity index (χ4v) is 4.59. The average molecular weight is 476 g/mol. The summed E-state index contributed by atoms with van der Waals surface area (Å²) in [5.41, 5.74) is 11.2. The number of hydrogen-bond acceptors (Lipinski definition) is 7. The van der Waals surface area contributed by atoms with Crippen molar-refractivity contribution in [3.63, 3.8) is 0 Å². The summed E-state index contributed by atoms with van der Waals surface area (Å²) < 4.78 is 11.5. The van der Waals surface area contributed by atoms with Crippen LogP contribution in [0.25, 0.3) is 10.9 Å². The smallest absolute Gasteiger partial charge is 0.257 e. The highest BCUT2D eigenvalue weighted by Gasteiger charge is 2.64. The molecule has 1 saturated carbocycles. The van der Waals surface area contributed by atoms with Crippen LogP contribution in [0, 0.1) is 5.41 Å². The molecular weight excluding hydrogens is 452 g/mol. The zero-order valence-corrected chi connectivity index (χ0v) is 18.9. The molecular formula is C25H24N4O6. The van der Waals surface area contributed by atoms with Gasteiger partial charge in [-0.1, -0.05) is 12.1 Å². The maximum Gasteiger partial charge on any atom is 0.257 e. The van der Waals surface area contributed by atoms with Crippen LogP contribution in [0.15, 0.2) is 48.7 Å². The van der Waals surface area contributed by atoms with E-state index in [1.807, 2.05) is 0 Å². The molecule has 1 aliphatic heterocycles. The van der Waals surface area contributed by atoms with Gasteiger partial charge in [-0.3, -0.25) is 19.4 Å². The van der Waals surface area contributed by atoms with Gasteiger partial charge in [0.2, 0.25) is 11.8 Å². The van der Waals surface area contributed by atoms with E-state index in [0.717, 1.165) is 5.56 Å². The highest BCUT2D eigenvalue weighted by molar-refractivity contribution is 6.08. The molecule has 2 aliphatic rings. The number of hydrogen-bond donors (Lipinski definition) is 3. The Bertz CT molecular complexity index is 1340. The van der Waals surface area contributed by atoms with Crippen molar-refractivity contribution in [3.05, 3.63) is 59.8 Å². The first-order chi connectivity index (χ1) is 16.7. The molecule has 2 heterocycles. The number of fused-ring (bicyclic) bond motifs is 1. The first-order valence-corrected chi connectivity index (χ1v) is 11.1. The number of aliphatic hydroxyl groups is 1. The van der Waals surface area contributed by atoms with E-state index in [0.29, 0.717) is 40.1 Å². The van der Waals surface area contributed by atoms with Crippen LogP contribution in [0.1, 0.15) is 28.3 Å². The minimum absolute atomic E-state index is 0.245. The predicted molar refractivity (Wildman–Crippen MR) is 125 cm³/mol. The Kier molecular flexibility index (Phi) is 5.32. The maximum atomic E-state index is 12.9. The van der Waals surface area contributed by atoms with E-state index in [2.05, 4.69) is 4.98 Å². The third-order valence-electron chi connectivity index (χ3n) is 6.75. The molecule has 0 spiro atoms. The zero-order valence-electron chi connectivity index (χ0n) is 18.9. The monoisotopic (exact) mass is 476 g/mol. The van der Waals surface area contributed by atoms with Crippen LogP contribution >= 0.6 is 0 Å². The van der Waals surface area contributed by atoms with Crippen LogP contribution < -0.4 is 20.9 Å². The van der Waals surface area contributed by atoms with Crippen LogP contribution in [-0.4, -0.2) is 59.0 Å². The number of methoxy groups -OCH3 is 1. The summed E-state index contributed by atoms with van der Waals surface area (Å²) in [4.78, 5) is 42.4. The number of aliphatic hydroxyl groups excluding tert-OH is 1. The molecule has 1 aliphatic carbocycles. The van der Waals surface area contributed by atoms with Crippen LogP contribution in [0.3, 0.4) is 0 Å². The average Bonchev–Trinajstić information content (AvgIpc) is 3.59. The molecule has 2 fully saturated rings. The van der Waals surface area contributed by atoms with Crippen molar-refractivity contribution in [2.24, 2.45) is 16.9 Å². The molecule has 0 bridgehead atoms. The first-order valence-electron chi connectivity index (χ1n) is 11.1. The summed E-state index contributed by atoms with van der Waals surface area (Å²) in [6, 6.07) is 12.0. The normalized spacial score (nSPS) is 18.6. The number of carbonyl (C=O) groups is 3. The summed E-state index contributed by atoms with van der Waals surface area (Å²) >= 11 is 0. The Morgan fingerprint density at radius 1 is 1.06 bits per heavy atom. The number of benzene rings is 2. The number of nitrogens with zero attached hydrogens (tertiary/aromatic N) is 2. The Labute approximate surface area is 200 Å². The van der Waals surface area contributed by atoms with Gasteiger partial charge in [0.25, 0.3) is 5.91 Å². The third-order valence-corrected chi connectivity index (χ3v) is 6.75. The van der Waals surface area contributed by atoms with E-state index in [1.54, 1.807) is 53.6 Å². The second kappa shape index (κ2) is 8.24. The van der Waals surface area contributed by atoms with Gasteiger partial charge in [0, 0.05) is 36.7 Å². The molecule has 1 atom stereocenters. The van der Waals surface area contributed by atoms with Crippen molar-refractivity contribution < 1.29 is 29.0 Å². The van der Waals surface area contributed by atoms with Crippen LogP contribution in [0.4, 0.5) is 0 Å².